The summed E-state index contributed by atoms with van der Waals surface area (Å²) >= 11 is 0. The maximum absolute atomic E-state index is 11.5. The smallest absolute Gasteiger partial charge is 0.150 e. The SMILES string of the molecule is CC(C)n1ccc(CC(CN)C2CCS(=O)(=O)C2)n1. The van der Waals surface area contributed by atoms with Crippen molar-refractivity contribution in [1.82, 2.24) is 9.78 Å². The van der Waals surface area contributed by atoms with Crippen molar-refractivity contribution in [3.8, 4) is 0 Å². The molecular weight excluding hydrogens is 262 g/mol. The van der Waals surface area contributed by atoms with Gasteiger partial charge < -0.3 is 5.73 Å². The Morgan fingerprint density at radius 2 is 2.26 bits per heavy atom. The third-order valence-electron chi connectivity index (χ3n) is 3.90. The van der Waals surface area contributed by atoms with Crippen LogP contribution in [0.2, 0.25) is 0 Å². The second-order valence-electron chi connectivity index (χ2n) is 5.74. The molecule has 0 bridgehead atoms. The average Bonchev–Trinajstić information content (AvgIpc) is 2.92. The van der Waals surface area contributed by atoms with Crippen LogP contribution in [-0.2, 0) is 16.3 Å². The molecule has 108 valence electrons. The first-order valence-electron chi connectivity index (χ1n) is 6.86. The molecule has 1 saturated heterocycles. The molecule has 0 aliphatic carbocycles. The number of hydrogen-bond acceptors (Lipinski definition) is 4. The van der Waals surface area contributed by atoms with E-state index >= 15 is 0 Å². The van der Waals surface area contributed by atoms with Crippen LogP contribution in [0.4, 0.5) is 0 Å². The van der Waals surface area contributed by atoms with Gasteiger partial charge in [0, 0.05) is 12.2 Å². The van der Waals surface area contributed by atoms with Crippen LogP contribution in [0, 0.1) is 11.8 Å². The molecule has 2 heterocycles. The van der Waals surface area contributed by atoms with Gasteiger partial charge in [0.25, 0.3) is 0 Å². The van der Waals surface area contributed by atoms with E-state index in [1.54, 1.807) is 0 Å². The zero-order valence-electron chi connectivity index (χ0n) is 11.6. The monoisotopic (exact) mass is 285 g/mol. The van der Waals surface area contributed by atoms with Crippen LogP contribution < -0.4 is 5.73 Å². The lowest BCUT2D eigenvalue weighted by Gasteiger charge is -2.19. The second-order valence-corrected chi connectivity index (χ2v) is 7.97. The molecule has 0 saturated carbocycles. The maximum Gasteiger partial charge on any atom is 0.150 e. The molecule has 1 fully saturated rings. The first-order valence-corrected chi connectivity index (χ1v) is 8.68. The highest BCUT2D eigenvalue weighted by molar-refractivity contribution is 7.91. The van der Waals surface area contributed by atoms with E-state index < -0.39 is 9.84 Å². The Hall–Kier alpha value is -0.880. The fourth-order valence-corrected chi connectivity index (χ4v) is 4.60. The quantitative estimate of drug-likeness (QED) is 0.876. The highest BCUT2D eigenvalue weighted by Crippen LogP contribution is 2.27. The van der Waals surface area contributed by atoms with E-state index in [4.69, 9.17) is 5.73 Å². The summed E-state index contributed by atoms with van der Waals surface area (Å²) in [5.74, 6) is 1.01. The van der Waals surface area contributed by atoms with Crippen LogP contribution in [-0.4, -0.2) is 36.2 Å². The Kier molecular flexibility index (Phi) is 4.30. The summed E-state index contributed by atoms with van der Waals surface area (Å²) in [7, 11) is -2.83. The van der Waals surface area contributed by atoms with E-state index in [0.717, 1.165) is 18.5 Å². The lowest BCUT2D eigenvalue weighted by molar-refractivity contribution is 0.365. The van der Waals surface area contributed by atoms with Crippen molar-refractivity contribution in [2.75, 3.05) is 18.1 Å². The van der Waals surface area contributed by atoms with Gasteiger partial charge >= 0.3 is 0 Å². The van der Waals surface area contributed by atoms with E-state index in [1.807, 2.05) is 16.9 Å². The molecule has 19 heavy (non-hydrogen) atoms. The lowest BCUT2D eigenvalue weighted by Crippen LogP contribution is -2.26. The zero-order chi connectivity index (χ0) is 14.0. The maximum atomic E-state index is 11.5. The molecule has 0 aromatic carbocycles. The first-order chi connectivity index (χ1) is 8.91. The molecule has 2 unspecified atom stereocenters. The summed E-state index contributed by atoms with van der Waals surface area (Å²) in [4.78, 5) is 0. The van der Waals surface area contributed by atoms with Gasteiger partial charge in [0.2, 0.25) is 0 Å². The van der Waals surface area contributed by atoms with Gasteiger partial charge in [0.05, 0.1) is 17.2 Å². The molecule has 2 rings (SSSR count). The van der Waals surface area contributed by atoms with Gasteiger partial charge in [0.15, 0.2) is 9.84 Å². The van der Waals surface area contributed by atoms with Gasteiger partial charge in [-0.3, -0.25) is 4.68 Å². The summed E-state index contributed by atoms with van der Waals surface area (Å²) in [5.41, 5.74) is 6.83. The minimum atomic E-state index is -2.83. The van der Waals surface area contributed by atoms with Gasteiger partial charge in [-0.05, 0) is 51.1 Å². The van der Waals surface area contributed by atoms with Gasteiger partial charge in [-0.25, -0.2) is 8.42 Å². The van der Waals surface area contributed by atoms with Crippen LogP contribution in [0.15, 0.2) is 12.3 Å². The van der Waals surface area contributed by atoms with Crippen molar-refractivity contribution in [3.05, 3.63) is 18.0 Å². The number of sulfone groups is 1. The largest absolute Gasteiger partial charge is 0.330 e. The molecule has 1 aliphatic rings. The zero-order valence-corrected chi connectivity index (χ0v) is 12.4. The number of nitrogens with zero attached hydrogens (tertiary/aromatic N) is 2. The molecule has 1 aromatic rings. The third kappa shape index (κ3) is 3.57. The Morgan fingerprint density at radius 3 is 2.74 bits per heavy atom. The summed E-state index contributed by atoms with van der Waals surface area (Å²) in [6.45, 7) is 4.69. The summed E-state index contributed by atoms with van der Waals surface area (Å²) in [6, 6.07) is 2.35. The topological polar surface area (TPSA) is 78.0 Å². The minimum Gasteiger partial charge on any atom is -0.330 e. The van der Waals surface area contributed by atoms with Gasteiger partial charge in [-0.15, -0.1) is 0 Å². The molecule has 0 amide bonds. The van der Waals surface area contributed by atoms with Crippen molar-refractivity contribution in [2.24, 2.45) is 17.6 Å². The molecule has 2 N–H and O–H groups in total. The summed E-state index contributed by atoms with van der Waals surface area (Å²) in [5, 5.41) is 4.52. The predicted molar refractivity (Wildman–Crippen MR) is 75.6 cm³/mol. The number of nitrogens with two attached hydrogens (primary N) is 1. The van der Waals surface area contributed by atoms with Crippen molar-refractivity contribution in [1.29, 1.82) is 0 Å². The number of rotatable bonds is 5. The minimum absolute atomic E-state index is 0.194. The fraction of sp³-hybridized carbons (Fsp3) is 0.769. The Bertz CT molecular complexity index is 522. The molecular formula is C13H23N3O2S. The lowest BCUT2D eigenvalue weighted by atomic mass is 9.88. The highest BCUT2D eigenvalue weighted by Gasteiger charge is 2.33. The number of aromatic nitrogens is 2. The summed E-state index contributed by atoms with van der Waals surface area (Å²) in [6.07, 6.45) is 3.49. The van der Waals surface area contributed by atoms with Crippen LogP contribution in [0.3, 0.4) is 0 Å². The van der Waals surface area contributed by atoms with Crippen molar-refractivity contribution < 1.29 is 8.42 Å². The molecule has 6 heteroatoms. The molecule has 2 atom stereocenters. The van der Waals surface area contributed by atoms with Gasteiger partial charge in [0.1, 0.15) is 0 Å². The Balaban J connectivity index is 2.02. The molecule has 0 spiro atoms. The third-order valence-corrected chi connectivity index (χ3v) is 5.69. The summed E-state index contributed by atoms with van der Waals surface area (Å²) < 4.78 is 25.0. The number of hydrogen-bond donors (Lipinski definition) is 1. The highest BCUT2D eigenvalue weighted by atomic mass is 32.2. The van der Waals surface area contributed by atoms with Gasteiger partial charge in [-0.2, -0.15) is 5.10 Å². The van der Waals surface area contributed by atoms with Crippen LogP contribution in [0.25, 0.3) is 0 Å². The molecule has 1 aliphatic heterocycles. The fourth-order valence-electron chi connectivity index (χ4n) is 2.68. The van der Waals surface area contributed by atoms with Gasteiger partial charge in [-0.1, -0.05) is 0 Å². The van der Waals surface area contributed by atoms with Crippen LogP contribution >= 0.6 is 0 Å². The van der Waals surface area contributed by atoms with Crippen LogP contribution in [0.5, 0.6) is 0 Å². The van der Waals surface area contributed by atoms with E-state index in [0.29, 0.717) is 24.1 Å². The van der Waals surface area contributed by atoms with Crippen molar-refractivity contribution in [2.45, 2.75) is 32.7 Å². The van der Waals surface area contributed by atoms with E-state index in [-0.39, 0.29) is 11.8 Å². The Labute approximate surface area is 115 Å². The Morgan fingerprint density at radius 1 is 1.53 bits per heavy atom. The molecule has 1 aromatic heterocycles. The van der Waals surface area contributed by atoms with Crippen molar-refractivity contribution >= 4 is 9.84 Å². The normalized spacial score (nSPS) is 23.9. The van der Waals surface area contributed by atoms with E-state index in [1.165, 1.54) is 0 Å². The van der Waals surface area contributed by atoms with E-state index in [9.17, 15) is 8.42 Å². The second kappa shape index (κ2) is 5.63. The average molecular weight is 285 g/mol. The van der Waals surface area contributed by atoms with E-state index in [2.05, 4.69) is 18.9 Å². The standard InChI is InChI=1S/C13H23N3O2S/c1-10(2)16-5-3-13(15-16)7-12(8-14)11-4-6-19(17,18)9-11/h3,5,10-12H,4,6-9,14H2,1-2H3. The first kappa shape index (κ1) is 14.5. The predicted octanol–water partition coefficient (Wildman–Crippen LogP) is 1.02. The van der Waals surface area contributed by atoms with Crippen LogP contribution in [0.1, 0.15) is 32.0 Å². The molecule has 0 radical (unpaired) electrons. The van der Waals surface area contributed by atoms with Crippen molar-refractivity contribution in [3.63, 3.8) is 0 Å². The molecule has 5 nitrogen and oxygen atoms in total.